The van der Waals surface area contributed by atoms with Crippen LogP contribution in [-0.4, -0.2) is 43.1 Å². The van der Waals surface area contributed by atoms with Crippen LogP contribution in [0.1, 0.15) is 22.7 Å². The van der Waals surface area contributed by atoms with Crippen LogP contribution in [0.5, 0.6) is 5.75 Å². The number of piperazine rings is 1. The van der Waals surface area contributed by atoms with Gasteiger partial charge in [0.15, 0.2) is 0 Å². The summed E-state index contributed by atoms with van der Waals surface area (Å²) < 4.78 is 5.32. The van der Waals surface area contributed by atoms with Crippen LogP contribution in [-0.2, 0) is 13.0 Å². The van der Waals surface area contributed by atoms with Crippen LogP contribution in [0.15, 0.2) is 84.9 Å². The number of methoxy groups -OCH3 is 1. The van der Waals surface area contributed by atoms with Gasteiger partial charge < -0.3 is 4.74 Å². The molecule has 1 atom stereocenters. The number of ether oxygens (including phenoxy) is 1. The quantitative estimate of drug-likeness (QED) is 0.580. The monoisotopic (exact) mass is 386 g/mol. The summed E-state index contributed by atoms with van der Waals surface area (Å²) in [6, 6.07) is 30.7. The molecular weight excluding hydrogens is 356 g/mol. The maximum absolute atomic E-state index is 5.32. The summed E-state index contributed by atoms with van der Waals surface area (Å²) in [5.74, 6) is 0.916. The van der Waals surface area contributed by atoms with E-state index in [0.29, 0.717) is 6.04 Å². The lowest BCUT2D eigenvalue weighted by atomic mass is 9.96. The average molecular weight is 387 g/mol. The second-order valence-electron chi connectivity index (χ2n) is 7.78. The molecule has 150 valence electrons. The van der Waals surface area contributed by atoms with E-state index in [4.69, 9.17) is 4.74 Å². The molecule has 0 aromatic heterocycles. The van der Waals surface area contributed by atoms with Gasteiger partial charge in [0.1, 0.15) is 5.75 Å². The first-order valence-electron chi connectivity index (χ1n) is 10.5. The highest BCUT2D eigenvalue weighted by Gasteiger charge is 2.25. The Morgan fingerprint density at radius 1 is 0.724 bits per heavy atom. The van der Waals surface area contributed by atoms with E-state index in [1.807, 2.05) is 0 Å². The van der Waals surface area contributed by atoms with Gasteiger partial charge in [0.2, 0.25) is 0 Å². The van der Waals surface area contributed by atoms with Gasteiger partial charge in [-0.2, -0.15) is 0 Å². The minimum Gasteiger partial charge on any atom is -0.497 e. The molecule has 0 saturated carbocycles. The van der Waals surface area contributed by atoms with Gasteiger partial charge in [-0.25, -0.2) is 0 Å². The van der Waals surface area contributed by atoms with Crippen LogP contribution in [0, 0.1) is 0 Å². The second-order valence-corrected chi connectivity index (χ2v) is 7.78. The van der Waals surface area contributed by atoms with Gasteiger partial charge in [0.05, 0.1) is 7.11 Å². The van der Waals surface area contributed by atoms with Crippen molar-refractivity contribution in [3.05, 3.63) is 102 Å². The van der Waals surface area contributed by atoms with Gasteiger partial charge in [-0.15, -0.1) is 0 Å². The van der Waals surface area contributed by atoms with E-state index in [1.165, 1.54) is 16.7 Å². The first-order valence-corrected chi connectivity index (χ1v) is 10.5. The third kappa shape index (κ3) is 5.26. The van der Waals surface area contributed by atoms with Crippen molar-refractivity contribution in [3.8, 4) is 5.75 Å². The molecule has 0 aliphatic carbocycles. The summed E-state index contributed by atoms with van der Waals surface area (Å²) in [5.41, 5.74) is 4.16. The largest absolute Gasteiger partial charge is 0.497 e. The molecular formula is C26H30N2O. The Labute approximate surface area is 174 Å². The lowest BCUT2D eigenvalue weighted by molar-refractivity contribution is 0.0912. The van der Waals surface area contributed by atoms with E-state index in [0.717, 1.165) is 44.9 Å². The minimum atomic E-state index is 0.406. The van der Waals surface area contributed by atoms with Crippen LogP contribution >= 0.6 is 0 Å². The maximum atomic E-state index is 5.32. The highest BCUT2D eigenvalue weighted by atomic mass is 16.5. The summed E-state index contributed by atoms with van der Waals surface area (Å²) in [5, 5.41) is 0. The van der Waals surface area contributed by atoms with E-state index >= 15 is 0 Å². The molecule has 29 heavy (non-hydrogen) atoms. The zero-order valence-electron chi connectivity index (χ0n) is 17.2. The van der Waals surface area contributed by atoms with Gasteiger partial charge in [-0.3, -0.25) is 9.80 Å². The fourth-order valence-corrected chi connectivity index (χ4v) is 4.19. The Morgan fingerprint density at radius 3 is 1.97 bits per heavy atom. The molecule has 4 rings (SSSR count). The highest BCUT2D eigenvalue weighted by molar-refractivity contribution is 5.29. The number of rotatable bonds is 7. The molecule has 0 radical (unpaired) electrons. The standard InChI is InChI=1S/C26H30N2O/c1-29-25-14-12-22(13-15-25)20-26(24-10-6-3-7-11-24)28-18-16-27(17-19-28)21-23-8-4-2-5-9-23/h2-15,26H,16-21H2,1H3. The Balaban J connectivity index is 1.44. The average Bonchev–Trinajstić information content (AvgIpc) is 2.80. The molecule has 3 aromatic rings. The van der Waals surface area contributed by atoms with E-state index < -0.39 is 0 Å². The molecule has 0 spiro atoms. The summed E-state index contributed by atoms with van der Waals surface area (Å²) in [7, 11) is 1.72. The first-order chi connectivity index (χ1) is 14.3. The van der Waals surface area contributed by atoms with Crippen molar-refractivity contribution >= 4 is 0 Å². The third-order valence-corrected chi connectivity index (χ3v) is 5.87. The Bertz CT molecular complexity index is 856. The minimum absolute atomic E-state index is 0.406. The smallest absolute Gasteiger partial charge is 0.118 e. The van der Waals surface area contributed by atoms with Crippen LogP contribution in [0.4, 0.5) is 0 Å². The Kier molecular flexibility index (Phi) is 6.60. The van der Waals surface area contributed by atoms with Crippen molar-refractivity contribution in [1.82, 2.24) is 9.80 Å². The number of nitrogens with zero attached hydrogens (tertiary/aromatic N) is 2. The molecule has 0 N–H and O–H groups in total. The van der Waals surface area contributed by atoms with Gasteiger partial charge in [0, 0.05) is 38.8 Å². The summed E-state index contributed by atoms with van der Waals surface area (Å²) in [6.07, 6.45) is 1.02. The topological polar surface area (TPSA) is 15.7 Å². The van der Waals surface area contributed by atoms with Gasteiger partial charge in [-0.1, -0.05) is 72.8 Å². The predicted octanol–water partition coefficient (Wildman–Crippen LogP) is 4.80. The van der Waals surface area contributed by atoms with Crippen LogP contribution in [0.3, 0.4) is 0 Å². The number of benzene rings is 3. The molecule has 1 heterocycles. The van der Waals surface area contributed by atoms with E-state index in [1.54, 1.807) is 7.11 Å². The van der Waals surface area contributed by atoms with Crippen LogP contribution in [0.2, 0.25) is 0 Å². The molecule has 0 bridgehead atoms. The summed E-state index contributed by atoms with van der Waals surface area (Å²) >= 11 is 0. The predicted molar refractivity (Wildman–Crippen MR) is 119 cm³/mol. The fourth-order valence-electron chi connectivity index (χ4n) is 4.19. The molecule has 1 unspecified atom stereocenters. The highest BCUT2D eigenvalue weighted by Crippen LogP contribution is 2.27. The van der Waals surface area contributed by atoms with Gasteiger partial charge in [0.25, 0.3) is 0 Å². The molecule has 3 aromatic carbocycles. The maximum Gasteiger partial charge on any atom is 0.118 e. The molecule has 1 saturated heterocycles. The van der Waals surface area contributed by atoms with Gasteiger partial charge in [-0.05, 0) is 35.2 Å². The second kappa shape index (κ2) is 9.73. The first kappa shape index (κ1) is 19.7. The van der Waals surface area contributed by atoms with Crippen molar-refractivity contribution in [3.63, 3.8) is 0 Å². The van der Waals surface area contributed by atoms with Crippen molar-refractivity contribution in [2.24, 2.45) is 0 Å². The molecule has 1 aliphatic rings. The lowest BCUT2D eigenvalue weighted by Gasteiger charge is -2.39. The normalized spacial score (nSPS) is 16.4. The van der Waals surface area contributed by atoms with Crippen molar-refractivity contribution in [2.45, 2.75) is 19.0 Å². The zero-order valence-corrected chi connectivity index (χ0v) is 17.2. The number of hydrogen-bond donors (Lipinski definition) is 0. The molecule has 1 fully saturated rings. The van der Waals surface area contributed by atoms with Crippen LogP contribution < -0.4 is 4.74 Å². The van der Waals surface area contributed by atoms with Crippen molar-refractivity contribution in [1.29, 1.82) is 0 Å². The van der Waals surface area contributed by atoms with Crippen molar-refractivity contribution < 1.29 is 4.74 Å². The fraction of sp³-hybridized carbons (Fsp3) is 0.308. The molecule has 3 heteroatoms. The van der Waals surface area contributed by atoms with E-state index in [2.05, 4.69) is 94.7 Å². The Hall–Kier alpha value is -2.62. The van der Waals surface area contributed by atoms with Gasteiger partial charge >= 0.3 is 0 Å². The summed E-state index contributed by atoms with van der Waals surface area (Å²) in [4.78, 5) is 5.22. The van der Waals surface area contributed by atoms with E-state index in [9.17, 15) is 0 Å². The van der Waals surface area contributed by atoms with Crippen LogP contribution in [0.25, 0.3) is 0 Å². The molecule has 3 nitrogen and oxygen atoms in total. The zero-order chi connectivity index (χ0) is 19.9. The Morgan fingerprint density at radius 2 is 1.34 bits per heavy atom. The lowest BCUT2D eigenvalue weighted by Crippen LogP contribution is -2.47. The van der Waals surface area contributed by atoms with Crippen molar-refractivity contribution in [2.75, 3.05) is 33.3 Å². The third-order valence-electron chi connectivity index (χ3n) is 5.87. The molecule has 1 aliphatic heterocycles. The SMILES string of the molecule is COc1ccc(CC(c2ccccc2)N2CCN(Cc3ccccc3)CC2)cc1. The van der Waals surface area contributed by atoms with E-state index in [-0.39, 0.29) is 0 Å². The number of hydrogen-bond acceptors (Lipinski definition) is 3. The summed E-state index contributed by atoms with van der Waals surface area (Å²) in [6.45, 7) is 5.47. The molecule has 0 amide bonds.